The minimum absolute atomic E-state index is 0.187. The first-order valence-electron chi connectivity index (χ1n) is 7.63. The fraction of sp³-hybridized carbons (Fsp3) is 0.412. The predicted octanol–water partition coefficient (Wildman–Crippen LogP) is 3.32. The van der Waals surface area contributed by atoms with E-state index in [1.165, 1.54) is 0 Å². The Hall–Kier alpha value is -2.08. The van der Waals surface area contributed by atoms with Crippen molar-refractivity contribution in [3.8, 4) is 5.75 Å². The fourth-order valence-electron chi connectivity index (χ4n) is 2.18. The number of aromatic nitrogens is 1. The van der Waals surface area contributed by atoms with Gasteiger partial charge in [0.05, 0.1) is 5.54 Å². The maximum absolute atomic E-state index is 12.0. The zero-order valence-electron chi connectivity index (χ0n) is 13.7. The quantitative estimate of drug-likeness (QED) is 0.710. The number of hydrogen-bond donors (Lipinski definition) is 3. The Morgan fingerprint density at radius 3 is 2.61 bits per heavy atom. The largest absolute Gasteiger partial charge is 0.508 e. The third kappa shape index (κ3) is 5.25. The van der Waals surface area contributed by atoms with Gasteiger partial charge < -0.3 is 15.7 Å². The van der Waals surface area contributed by atoms with Gasteiger partial charge in [-0.05, 0) is 51.3 Å². The average Bonchev–Trinajstić information content (AvgIpc) is 2.92. The van der Waals surface area contributed by atoms with Crippen molar-refractivity contribution in [3.05, 3.63) is 45.9 Å². The van der Waals surface area contributed by atoms with Crippen LogP contribution in [0.15, 0.2) is 30.5 Å². The Morgan fingerprint density at radius 2 is 2.00 bits per heavy atom. The number of carbonyl (C=O) groups excluding carboxylic acids is 1. The van der Waals surface area contributed by atoms with Crippen molar-refractivity contribution in [1.82, 2.24) is 15.6 Å². The smallest absolute Gasteiger partial charge is 0.315 e. The molecule has 0 aliphatic carbocycles. The number of rotatable bonds is 6. The van der Waals surface area contributed by atoms with Gasteiger partial charge in [-0.3, -0.25) is 0 Å². The van der Waals surface area contributed by atoms with Crippen molar-refractivity contribution < 1.29 is 9.90 Å². The van der Waals surface area contributed by atoms with Crippen molar-refractivity contribution in [2.24, 2.45) is 0 Å². The lowest BCUT2D eigenvalue weighted by Gasteiger charge is -2.24. The summed E-state index contributed by atoms with van der Waals surface area (Å²) in [6.07, 6.45) is 3.52. The number of urea groups is 1. The molecule has 2 rings (SSSR count). The molecular formula is C17H23N3O2S. The maximum Gasteiger partial charge on any atom is 0.315 e. The monoisotopic (exact) mass is 333 g/mol. The van der Waals surface area contributed by atoms with E-state index in [4.69, 9.17) is 0 Å². The summed E-state index contributed by atoms with van der Waals surface area (Å²) in [6, 6.07) is 6.95. The minimum atomic E-state index is -0.486. The van der Waals surface area contributed by atoms with Crippen LogP contribution in [0.4, 0.5) is 4.79 Å². The van der Waals surface area contributed by atoms with Gasteiger partial charge in [0.2, 0.25) is 0 Å². The van der Waals surface area contributed by atoms with E-state index in [9.17, 15) is 9.90 Å². The van der Waals surface area contributed by atoms with Crippen LogP contribution in [0.3, 0.4) is 0 Å². The molecule has 0 unspecified atom stereocenters. The van der Waals surface area contributed by atoms with Crippen LogP contribution in [0, 0.1) is 6.92 Å². The van der Waals surface area contributed by atoms with Gasteiger partial charge in [-0.25, -0.2) is 9.78 Å². The van der Waals surface area contributed by atoms with Gasteiger partial charge >= 0.3 is 6.03 Å². The summed E-state index contributed by atoms with van der Waals surface area (Å²) in [5, 5.41) is 16.0. The summed E-state index contributed by atoms with van der Waals surface area (Å²) in [4.78, 5) is 17.5. The molecule has 0 bridgehead atoms. The second kappa shape index (κ2) is 7.46. The van der Waals surface area contributed by atoms with Crippen LogP contribution in [0.5, 0.6) is 5.75 Å². The van der Waals surface area contributed by atoms with Crippen LogP contribution in [-0.4, -0.2) is 22.7 Å². The highest BCUT2D eigenvalue weighted by Crippen LogP contribution is 2.24. The van der Waals surface area contributed by atoms with Gasteiger partial charge in [0, 0.05) is 17.6 Å². The standard InChI is InChI=1S/C17H23N3O2S/c1-12-11-19-15(23-12)17(2,3)20-16(22)18-10-4-5-13-6-8-14(21)9-7-13/h6-9,11,21H,4-5,10H2,1-3H3,(H2,18,20,22). The predicted molar refractivity (Wildman–Crippen MR) is 92.8 cm³/mol. The second-order valence-electron chi connectivity index (χ2n) is 6.05. The topological polar surface area (TPSA) is 74.2 Å². The molecule has 0 aliphatic rings. The van der Waals surface area contributed by atoms with Crippen molar-refractivity contribution in [2.45, 2.75) is 39.2 Å². The van der Waals surface area contributed by atoms with E-state index < -0.39 is 5.54 Å². The number of aromatic hydroxyl groups is 1. The number of hydrogen-bond acceptors (Lipinski definition) is 4. The Balaban J connectivity index is 1.73. The van der Waals surface area contributed by atoms with Gasteiger partial charge in [0.1, 0.15) is 10.8 Å². The third-order valence-corrected chi connectivity index (χ3v) is 4.68. The first kappa shape index (κ1) is 17.3. The molecule has 0 aliphatic heterocycles. The number of amides is 2. The summed E-state index contributed by atoms with van der Waals surface area (Å²) in [6.45, 7) is 6.49. The number of aryl methyl sites for hydroxylation is 2. The first-order chi connectivity index (χ1) is 10.9. The highest BCUT2D eigenvalue weighted by atomic mass is 32.1. The van der Waals surface area contributed by atoms with Crippen molar-refractivity contribution in [2.75, 3.05) is 6.54 Å². The molecule has 0 saturated carbocycles. The van der Waals surface area contributed by atoms with Crippen molar-refractivity contribution >= 4 is 17.4 Å². The molecule has 3 N–H and O–H groups in total. The van der Waals surface area contributed by atoms with E-state index in [-0.39, 0.29) is 11.8 Å². The summed E-state index contributed by atoms with van der Waals surface area (Å²) < 4.78 is 0. The normalized spacial score (nSPS) is 11.3. The maximum atomic E-state index is 12.0. The molecule has 0 atom stereocenters. The molecule has 2 amide bonds. The van der Waals surface area contributed by atoms with E-state index in [1.54, 1.807) is 23.5 Å². The minimum Gasteiger partial charge on any atom is -0.508 e. The Labute approximate surface area is 140 Å². The van der Waals surface area contributed by atoms with Gasteiger partial charge in [-0.2, -0.15) is 0 Å². The molecule has 0 spiro atoms. The molecule has 124 valence electrons. The van der Waals surface area contributed by atoms with Gasteiger partial charge in [-0.1, -0.05) is 12.1 Å². The number of benzene rings is 1. The van der Waals surface area contributed by atoms with E-state index >= 15 is 0 Å². The Kier molecular flexibility index (Phi) is 5.60. The number of carbonyl (C=O) groups is 1. The second-order valence-corrected chi connectivity index (χ2v) is 7.29. The lowest BCUT2D eigenvalue weighted by atomic mass is 10.1. The van der Waals surface area contributed by atoms with Crippen LogP contribution in [0.2, 0.25) is 0 Å². The van der Waals surface area contributed by atoms with E-state index in [2.05, 4.69) is 15.6 Å². The van der Waals surface area contributed by atoms with Gasteiger partial charge in [0.25, 0.3) is 0 Å². The molecule has 1 aromatic heterocycles. The lowest BCUT2D eigenvalue weighted by Crippen LogP contribution is -2.46. The molecule has 23 heavy (non-hydrogen) atoms. The number of nitrogens with one attached hydrogen (secondary N) is 2. The molecule has 5 nitrogen and oxygen atoms in total. The third-order valence-electron chi connectivity index (χ3n) is 3.45. The molecule has 0 fully saturated rings. The van der Waals surface area contributed by atoms with E-state index in [0.29, 0.717) is 6.54 Å². The molecule has 2 aromatic rings. The Morgan fingerprint density at radius 1 is 1.30 bits per heavy atom. The molecule has 1 heterocycles. The van der Waals surface area contributed by atoms with Crippen molar-refractivity contribution in [3.63, 3.8) is 0 Å². The highest BCUT2D eigenvalue weighted by Gasteiger charge is 2.25. The number of nitrogens with zero attached hydrogens (tertiary/aromatic N) is 1. The SMILES string of the molecule is Cc1cnc(C(C)(C)NC(=O)NCCCc2ccc(O)cc2)s1. The number of phenolic OH excluding ortho intramolecular Hbond substituents is 1. The van der Waals surface area contributed by atoms with E-state index in [1.807, 2.05) is 39.1 Å². The molecule has 6 heteroatoms. The zero-order valence-corrected chi connectivity index (χ0v) is 14.5. The average molecular weight is 333 g/mol. The lowest BCUT2D eigenvalue weighted by molar-refractivity contribution is 0.230. The molecule has 1 aromatic carbocycles. The van der Waals surface area contributed by atoms with Crippen LogP contribution in [-0.2, 0) is 12.0 Å². The first-order valence-corrected chi connectivity index (χ1v) is 8.45. The summed E-state index contributed by atoms with van der Waals surface area (Å²) in [5.74, 6) is 0.269. The van der Waals surface area contributed by atoms with Crippen LogP contribution < -0.4 is 10.6 Å². The van der Waals surface area contributed by atoms with Crippen LogP contribution >= 0.6 is 11.3 Å². The fourth-order valence-corrected chi connectivity index (χ4v) is 3.00. The summed E-state index contributed by atoms with van der Waals surface area (Å²) in [7, 11) is 0. The van der Waals surface area contributed by atoms with Crippen LogP contribution in [0.25, 0.3) is 0 Å². The molecular weight excluding hydrogens is 310 g/mol. The summed E-state index contributed by atoms with van der Waals surface area (Å²) >= 11 is 1.59. The van der Waals surface area contributed by atoms with Crippen LogP contribution in [0.1, 0.15) is 35.7 Å². The number of phenols is 1. The number of thiazole rings is 1. The van der Waals surface area contributed by atoms with E-state index in [0.717, 1.165) is 28.3 Å². The van der Waals surface area contributed by atoms with Crippen molar-refractivity contribution in [1.29, 1.82) is 0 Å². The molecule has 0 saturated heterocycles. The summed E-state index contributed by atoms with van der Waals surface area (Å²) in [5.41, 5.74) is 0.656. The Bertz CT molecular complexity index is 650. The van der Waals surface area contributed by atoms with Gasteiger partial charge in [-0.15, -0.1) is 11.3 Å². The van der Waals surface area contributed by atoms with Gasteiger partial charge in [0.15, 0.2) is 0 Å². The zero-order chi connectivity index (χ0) is 16.9. The molecule has 0 radical (unpaired) electrons. The highest BCUT2D eigenvalue weighted by molar-refractivity contribution is 7.11.